The van der Waals surface area contributed by atoms with Crippen molar-refractivity contribution in [3.63, 3.8) is 0 Å². The number of aromatic amines is 1. The maximum Gasteiger partial charge on any atom is 0.251 e. The molecular formula is C12H15N5O. The van der Waals surface area contributed by atoms with E-state index < -0.39 is 0 Å². The predicted molar refractivity (Wildman–Crippen MR) is 66.0 cm³/mol. The molecular weight excluding hydrogens is 230 g/mol. The lowest BCUT2D eigenvalue weighted by atomic mass is 10.2. The van der Waals surface area contributed by atoms with Crippen molar-refractivity contribution in [2.24, 2.45) is 0 Å². The first-order valence-electron chi connectivity index (χ1n) is 5.81. The first kappa shape index (κ1) is 12.2. The molecule has 6 heteroatoms. The van der Waals surface area contributed by atoms with Crippen molar-refractivity contribution in [3.8, 4) is 0 Å². The first-order chi connectivity index (χ1) is 8.75. The number of aryl methyl sites for hydroxylation is 2. The Labute approximate surface area is 105 Å². The molecule has 1 amide bonds. The molecule has 0 fully saturated rings. The SMILES string of the molecule is Cc1cc(C(=O)NCCCc2ncn[nH]2)ccn1. The van der Waals surface area contributed by atoms with Gasteiger partial charge in [0.2, 0.25) is 0 Å². The summed E-state index contributed by atoms with van der Waals surface area (Å²) in [5, 5.41) is 9.41. The molecule has 0 aromatic carbocycles. The van der Waals surface area contributed by atoms with Crippen LogP contribution in [0.3, 0.4) is 0 Å². The van der Waals surface area contributed by atoms with Crippen molar-refractivity contribution in [2.75, 3.05) is 6.54 Å². The fourth-order valence-electron chi connectivity index (χ4n) is 1.60. The van der Waals surface area contributed by atoms with Gasteiger partial charge in [-0.3, -0.25) is 14.9 Å². The second kappa shape index (κ2) is 5.90. The Kier molecular flexibility index (Phi) is 4.01. The minimum Gasteiger partial charge on any atom is -0.352 e. The van der Waals surface area contributed by atoms with Gasteiger partial charge >= 0.3 is 0 Å². The van der Waals surface area contributed by atoms with Gasteiger partial charge in [-0.2, -0.15) is 5.10 Å². The molecule has 0 saturated heterocycles. The maximum absolute atomic E-state index is 11.8. The molecule has 0 bridgehead atoms. The van der Waals surface area contributed by atoms with E-state index in [2.05, 4.69) is 25.5 Å². The van der Waals surface area contributed by atoms with Crippen LogP contribution >= 0.6 is 0 Å². The first-order valence-corrected chi connectivity index (χ1v) is 5.81. The Morgan fingerprint density at radius 1 is 1.44 bits per heavy atom. The largest absolute Gasteiger partial charge is 0.352 e. The lowest BCUT2D eigenvalue weighted by molar-refractivity contribution is 0.0953. The van der Waals surface area contributed by atoms with E-state index in [4.69, 9.17) is 0 Å². The number of rotatable bonds is 5. The number of amides is 1. The molecule has 2 aromatic rings. The zero-order valence-electron chi connectivity index (χ0n) is 10.2. The Hall–Kier alpha value is -2.24. The second-order valence-electron chi connectivity index (χ2n) is 3.98. The van der Waals surface area contributed by atoms with Crippen molar-refractivity contribution in [1.29, 1.82) is 0 Å². The third-order valence-corrected chi connectivity index (χ3v) is 2.50. The zero-order valence-corrected chi connectivity index (χ0v) is 10.2. The average molecular weight is 245 g/mol. The molecule has 2 heterocycles. The number of nitrogens with zero attached hydrogens (tertiary/aromatic N) is 3. The van der Waals surface area contributed by atoms with Crippen molar-refractivity contribution >= 4 is 5.91 Å². The summed E-state index contributed by atoms with van der Waals surface area (Å²) in [5.41, 5.74) is 1.48. The van der Waals surface area contributed by atoms with Crippen LogP contribution in [0.25, 0.3) is 0 Å². The van der Waals surface area contributed by atoms with Gasteiger partial charge in [-0.1, -0.05) is 0 Å². The number of carbonyl (C=O) groups excluding carboxylic acids is 1. The van der Waals surface area contributed by atoms with Crippen LogP contribution in [0.5, 0.6) is 0 Å². The van der Waals surface area contributed by atoms with Crippen molar-refractivity contribution in [2.45, 2.75) is 19.8 Å². The Morgan fingerprint density at radius 2 is 2.33 bits per heavy atom. The zero-order chi connectivity index (χ0) is 12.8. The third-order valence-electron chi connectivity index (χ3n) is 2.50. The minimum atomic E-state index is -0.0712. The summed E-state index contributed by atoms with van der Waals surface area (Å²) in [5.74, 6) is 0.766. The van der Waals surface area contributed by atoms with Gasteiger partial charge in [-0.25, -0.2) is 4.98 Å². The highest BCUT2D eigenvalue weighted by molar-refractivity contribution is 5.94. The predicted octanol–water partition coefficient (Wildman–Crippen LogP) is 0.871. The topological polar surface area (TPSA) is 83.6 Å². The smallest absolute Gasteiger partial charge is 0.251 e. The molecule has 94 valence electrons. The fourth-order valence-corrected chi connectivity index (χ4v) is 1.60. The van der Waals surface area contributed by atoms with Gasteiger partial charge in [0.1, 0.15) is 12.2 Å². The van der Waals surface area contributed by atoms with Crippen LogP contribution in [-0.4, -0.2) is 32.6 Å². The highest BCUT2D eigenvalue weighted by Crippen LogP contribution is 2.00. The lowest BCUT2D eigenvalue weighted by Gasteiger charge is -2.04. The number of aromatic nitrogens is 4. The fraction of sp³-hybridized carbons (Fsp3) is 0.333. The number of nitrogens with one attached hydrogen (secondary N) is 2. The van der Waals surface area contributed by atoms with E-state index in [1.54, 1.807) is 18.3 Å². The summed E-state index contributed by atoms with van der Waals surface area (Å²) < 4.78 is 0. The van der Waals surface area contributed by atoms with E-state index in [0.717, 1.165) is 24.4 Å². The molecule has 0 radical (unpaired) electrons. The summed E-state index contributed by atoms with van der Waals surface area (Å²) >= 11 is 0. The monoisotopic (exact) mass is 245 g/mol. The van der Waals surface area contributed by atoms with Crippen LogP contribution in [0.2, 0.25) is 0 Å². The van der Waals surface area contributed by atoms with E-state index in [9.17, 15) is 4.79 Å². The molecule has 2 rings (SSSR count). The Bertz CT molecular complexity index is 509. The summed E-state index contributed by atoms with van der Waals surface area (Å²) in [6.45, 7) is 2.47. The average Bonchev–Trinajstić information content (AvgIpc) is 2.87. The minimum absolute atomic E-state index is 0.0712. The van der Waals surface area contributed by atoms with Gasteiger partial charge in [-0.15, -0.1) is 0 Å². The normalized spacial score (nSPS) is 10.3. The highest BCUT2D eigenvalue weighted by Gasteiger charge is 2.05. The van der Waals surface area contributed by atoms with Crippen LogP contribution in [-0.2, 0) is 6.42 Å². The molecule has 2 aromatic heterocycles. The van der Waals surface area contributed by atoms with E-state index >= 15 is 0 Å². The molecule has 0 unspecified atom stereocenters. The van der Waals surface area contributed by atoms with Crippen LogP contribution in [0.15, 0.2) is 24.7 Å². The lowest BCUT2D eigenvalue weighted by Crippen LogP contribution is -2.25. The maximum atomic E-state index is 11.8. The van der Waals surface area contributed by atoms with E-state index in [1.807, 2.05) is 6.92 Å². The number of H-pyrrole nitrogens is 1. The van der Waals surface area contributed by atoms with E-state index in [1.165, 1.54) is 6.33 Å². The molecule has 0 aliphatic heterocycles. The standard InChI is InChI=1S/C12H15N5O/c1-9-7-10(4-6-13-9)12(18)14-5-2-3-11-15-8-16-17-11/h4,6-8H,2-3,5H2,1H3,(H,14,18)(H,15,16,17). The van der Waals surface area contributed by atoms with Gasteiger partial charge in [-0.05, 0) is 25.5 Å². The summed E-state index contributed by atoms with van der Waals surface area (Å²) in [7, 11) is 0. The Balaban J connectivity index is 1.75. The number of hydrogen-bond acceptors (Lipinski definition) is 4. The van der Waals surface area contributed by atoms with Gasteiger partial charge in [0, 0.05) is 30.4 Å². The summed E-state index contributed by atoms with van der Waals surface area (Å²) in [6.07, 6.45) is 4.72. The molecule has 0 aliphatic carbocycles. The second-order valence-corrected chi connectivity index (χ2v) is 3.98. The molecule has 6 nitrogen and oxygen atoms in total. The Morgan fingerprint density at radius 3 is 3.06 bits per heavy atom. The number of pyridine rings is 1. The molecule has 0 saturated carbocycles. The van der Waals surface area contributed by atoms with Crippen LogP contribution in [0.4, 0.5) is 0 Å². The van der Waals surface area contributed by atoms with Crippen molar-refractivity contribution in [3.05, 3.63) is 41.7 Å². The van der Waals surface area contributed by atoms with Gasteiger partial charge in [0.05, 0.1) is 0 Å². The van der Waals surface area contributed by atoms with Crippen LogP contribution in [0.1, 0.15) is 28.3 Å². The van der Waals surface area contributed by atoms with Crippen molar-refractivity contribution in [1.82, 2.24) is 25.5 Å². The van der Waals surface area contributed by atoms with E-state index in [0.29, 0.717) is 12.1 Å². The molecule has 0 spiro atoms. The number of hydrogen-bond donors (Lipinski definition) is 2. The molecule has 0 aliphatic rings. The van der Waals surface area contributed by atoms with Crippen LogP contribution in [0, 0.1) is 6.92 Å². The van der Waals surface area contributed by atoms with Gasteiger partial charge in [0.15, 0.2) is 0 Å². The van der Waals surface area contributed by atoms with Gasteiger partial charge in [0.25, 0.3) is 5.91 Å². The van der Waals surface area contributed by atoms with Crippen molar-refractivity contribution < 1.29 is 4.79 Å². The molecule has 0 atom stereocenters. The van der Waals surface area contributed by atoms with Gasteiger partial charge < -0.3 is 5.32 Å². The number of carbonyl (C=O) groups is 1. The molecule has 2 N–H and O–H groups in total. The summed E-state index contributed by atoms with van der Waals surface area (Å²) in [6, 6.07) is 3.48. The summed E-state index contributed by atoms with van der Waals surface area (Å²) in [4.78, 5) is 19.9. The molecule has 18 heavy (non-hydrogen) atoms. The highest BCUT2D eigenvalue weighted by atomic mass is 16.1. The van der Waals surface area contributed by atoms with Crippen LogP contribution < -0.4 is 5.32 Å². The third kappa shape index (κ3) is 3.38. The van der Waals surface area contributed by atoms with E-state index in [-0.39, 0.29) is 5.91 Å². The quantitative estimate of drug-likeness (QED) is 0.766.